The minimum absolute atomic E-state index is 0.156. The zero-order chi connectivity index (χ0) is 22.4. The third-order valence-corrected chi connectivity index (χ3v) is 6.19. The summed E-state index contributed by atoms with van der Waals surface area (Å²) in [7, 11) is 0. The second-order valence-electron chi connectivity index (χ2n) is 8.31. The molecule has 32 heavy (non-hydrogen) atoms. The topological polar surface area (TPSA) is 97.2 Å². The molecular weight excluding hydrogens is 408 g/mol. The molecule has 3 atom stereocenters. The number of hydrogen-bond donors (Lipinski definition) is 1. The lowest BCUT2D eigenvalue weighted by atomic mass is 9.84. The molecule has 3 aromatic rings. The number of aromatic amines is 1. The molecule has 0 spiro atoms. The average Bonchev–Trinajstić information content (AvgIpc) is 3.21. The Labute approximate surface area is 183 Å². The first-order valence-corrected chi connectivity index (χ1v) is 10.5. The SMILES string of the molecule is Cc1cccc(N2C(=O)[C@@H]3C=C[C@H](n4[nH]c(=O)n(Cc5ccccc5)c4=O)C[C@H]3C2=O)c1. The van der Waals surface area contributed by atoms with Crippen molar-refractivity contribution in [2.24, 2.45) is 11.8 Å². The Hall–Kier alpha value is -3.94. The van der Waals surface area contributed by atoms with Crippen LogP contribution in [0.3, 0.4) is 0 Å². The molecule has 162 valence electrons. The maximum atomic E-state index is 13.1. The largest absolute Gasteiger partial charge is 0.347 e. The van der Waals surface area contributed by atoms with E-state index in [0.29, 0.717) is 5.69 Å². The van der Waals surface area contributed by atoms with E-state index in [1.807, 2.05) is 49.4 Å². The predicted molar refractivity (Wildman–Crippen MR) is 118 cm³/mol. The Bertz CT molecular complexity index is 1350. The molecule has 0 saturated carbocycles. The molecule has 0 bridgehead atoms. The van der Waals surface area contributed by atoms with Crippen molar-refractivity contribution < 1.29 is 9.59 Å². The number of amides is 2. The molecule has 1 aromatic heterocycles. The van der Waals surface area contributed by atoms with Crippen molar-refractivity contribution in [3.8, 4) is 0 Å². The molecule has 2 aromatic carbocycles. The number of H-pyrrole nitrogens is 1. The van der Waals surface area contributed by atoms with Gasteiger partial charge in [-0.3, -0.25) is 9.59 Å². The summed E-state index contributed by atoms with van der Waals surface area (Å²) in [6.45, 7) is 2.06. The van der Waals surface area contributed by atoms with Crippen LogP contribution in [-0.2, 0) is 16.1 Å². The smallest absolute Gasteiger partial charge is 0.274 e. The van der Waals surface area contributed by atoms with Crippen LogP contribution in [0, 0.1) is 18.8 Å². The second-order valence-corrected chi connectivity index (χ2v) is 8.31. The number of nitrogens with zero attached hydrogens (tertiary/aromatic N) is 3. The van der Waals surface area contributed by atoms with Gasteiger partial charge in [0.15, 0.2) is 0 Å². The average molecular weight is 430 g/mol. The number of aromatic nitrogens is 3. The summed E-state index contributed by atoms with van der Waals surface area (Å²) in [6.07, 6.45) is 3.68. The number of fused-ring (bicyclic) bond motifs is 1. The van der Waals surface area contributed by atoms with Gasteiger partial charge in [0.1, 0.15) is 0 Å². The van der Waals surface area contributed by atoms with Crippen molar-refractivity contribution in [3.63, 3.8) is 0 Å². The van der Waals surface area contributed by atoms with Crippen LogP contribution in [-0.4, -0.2) is 26.2 Å². The highest BCUT2D eigenvalue weighted by Gasteiger charge is 2.49. The number of anilines is 1. The van der Waals surface area contributed by atoms with E-state index in [9.17, 15) is 19.2 Å². The molecular formula is C24H22N4O4. The number of carbonyl (C=O) groups excluding carboxylic acids is 2. The molecule has 1 saturated heterocycles. The molecule has 0 unspecified atom stereocenters. The molecule has 1 N–H and O–H groups in total. The number of hydrogen-bond acceptors (Lipinski definition) is 4. The first kappa shape index (κ1) is 20.0. The normalized spacial score (nSPS) is 22.4. The first-order valence-electron chi connectivity index (χ1n) is 10.5. The van der Waals surface area contributed by atoms with Gasteiger partial charge in [-0.05, 0) is 36.6 Å². The number of aryl methyl sites for hydroxylation is 1. The van der Waals surface area contributed by atoms with E-state index in [2.05, 4.69) is 5.10 Å². The molecule has 1 aliphatic carbocycles. The van der Waals surface area contributed by atoms with Crippen molar-refractivity contribution in [2.45, 2.75) is 25.9 Å². The van der Waals surface area contributed by atoms with Crippen LogP contribution < -0.4 is 16.3 Å². The maximum absolute atomic E-state index is 13.1. The van der Waals surface area contributed by atoms with Gasteiger partial charge in [-0.2, -0.15) is 0 Å². The predicted octanol–water partition coefficient (Wildman–Crippen LogP) is 2.00. The van der Waals surface area contributed by atoms with Crippen LogP contribution in [0.5, 0.6) is 0 Å². The second kappa shape index (κ2) is 7.64. The Morgan fingerprint density at radius 2 is 1.72 bits per heavy atom. The molecule has 2 aliphatic rings. The molecule has 8 nitrogen and oxygen atoms in total. The van der Waals surface area contributed by atoms with Crippen LogP contribution in [0.15, 0.2) is 76.3 Å². The van der Waals surface area contributed by atoms with Crippen LogP contribution in [0.2, 0.25) is 0 Å². The summed E-state index contributed by atoms with van der Waals surface area (Å²) >= 11 is 0. The number of benzene rings is 2. The van der Waals surface area contributed by atoms with Gasteiger partial charge in [0.25, 0.3) is 0 Å². The van der Waals surface area contributed by atoms with Crippen molar-refractivity contribution in [1.82, 2.24) is 14.3 Å². The zero-order valence-corrected chi connectivity index (χ0v) is 17.5. The highest BCUT2D eigenvalue weighted by molar-refractivity contribution is 6.22. The summed E-state index contributed by atoms with van der Waals surface area (Å²) in [4.78, 5) is 52.7. The lowest BCUT2D eigenvalue weighted by Crippen LogP contribution is -2.33. The molecule has 2 heterocycles. The van der Waals surface area contributed by atoms with Gasteiger partial charge in [0.05, 0.1) is 30.1 Å². The number of carbonyl (C=O) groups is 2. The van der Waals surface area contributed by atoms with Gasteiger partial charge in [-0.25, -0.2) is 28.8 Å². The van der Waals surface area contributed by atoms with E-state index < -0.39 is 29.3 Å². The van der Waals surface area contributed by atoms with Crippen LogP contribution in [0.25, 0.3) is 0 Å². The molecule has 0 radical (unpaired) electrons. The molecule has 8 heteroatoms. The minimum atomic E-state index is -0.578. The lowest BCUT2D eigenvalue weighted by Gasteiger charge is -2.23. The number of imide groups is 1. The summed E-state index contributed by atoms with van der Waals surface area (Å²) < 4.78 is 2.39. The zero-order valence-electron chi connectivity index (χ0n) is 17.5. The number of allylic oxidation sites excluding steroid dienone is 1. The highest BCUT2D eigenvalue weighted by atomic mass is 16.2. The minimum Gasteiger partial charge on any atom is -0.274 e. The standard InChI is InChI=1S/C24H22N4O4/c1-15-6-5-9-17(12-15)27-21(29)19-11-10-18(13-20(19)22(27)30)28-24(32)26(23(31)25-28)14-16-7-3-2-4-8-16/h2-12,18-20H,13-14H2,1H3,(H,25,31)/t18-,19+,20+/m0/s1. The van der Waals surface area contributed by atoms with Crippen molar-refractivity contribution >= 4 is 17.5 Å². The van der Waals surface area contributed by atoms with Gasteiger partial charge in [-0.1, -0.05) is 54.6 Å². The van der Waals surface area contributed by atoms with Crippen LogP contribution in [0.1, 0.15) is 23.6 Å². The number of nitrogens with one attached hydrogen (secondary N) is 1. The molecule has 5 rings (SSSR count). The Balaban J connectivity index is 1.43. The van der Waals surface area contributed by atoms with E-state index in [-0.39, 0.29) is 24.8 Å². The van der Waals surface area contributed by atoms with Crippen LogP contribution >= 0.6 is 0 Å². The third-order valence-electron chi connectivity index (χ3n) is 6.19. The lowest BCUT2D eigenvalue weighted by molar-refractivity contribution is -0.122. The quantitative estimate of drug-likeness (QED) is 0.506. The van der Waals surface area contributed by atoms with Gasteiger partial charge in [0, 0.05) is 0 Å². The van der Waals surface area contributed by atoms with E-state index >= 15 is 0 Å². The van der Waals surface area contributed by atoms with Gasteiger partial charge in [0.2, 0.25) is 11.8 Å². The van der Waals surface area contributed by atoms with Gasteiger partial charge in [-0.15, -0.1) is 0 Å². The van der Waals surface area contributed by atoms with Gasteiger partial charge < -0.3 is 0 Å². The van der Waals surface area contributed by atoms with E-state index in [1.165, 1.54) is 9.58 Å². The fourth-order valence-electron chi connectivity index (χ4n) is 4.57. The Morgan fingerprint density at radius 3 is 2.47 bits per heavy atom. The summed E-state index contributed by atoms with van der Waals surface area (Å²) in [5.41, 5.74) is 1.36. The first-order chi connectivity index (χ1) is 15.4. The fraction of sp³-hybridized carbons (Fsp3) is 0.250. The summed E-state index contributed by atoms with van der Waals surface area (Å²) in [6, 6.07) is 16.0. The molecule has 1 fully saturated rings. The maximum Gasteiger partial charge on any atom is 0.347 e. The monoisotopic (exact) mass is 430 g/mol. The van der Waals surface area contributed by atoms with Gasteiger partial charge >= 0.3 is 11.4 Å². The van der Waals surface area contributed by atoms with Crippen LogP contribution in [0.4, 0.5) is 5.69 Å². The van der Waals surface area contributed by atoms with Crippen molar-refractivity contribution in [2.75, 3.05) is 4.90 Å². The summed E-state index contributed by atoms with van der Waals surface area (Å²) in [5, 5.41) is 2.61. The highest BCUT2D eigenvalue weighted by Crippen LogP contribution is 2.39. The molecule has 2 amide bonds. The van der Waals surface area contributed by atoms with E-state index in [0.717, 1.165) is 15.7 Å². The Morgan fingerprint density at radius 1 is 0.938 bits per heavy atom. The summed E-state index contributed by atoms with van der Waals surface area (Å²) in [5.74, 6) is -1.68. The number of rotatable bonds is 4. The fourth-order valence-corrected chi connectivity index (χ4v) is 4.57. The molecule has 1 aliphatic heterocycles. The van der Waals surface area contributed by atoms with Crippen molar-refractivity contribution in [3.05, 3.63) is 98.8 Å². The Kier molecular flexibility index (Phi) is 4.77. The van der Waals surface area contributed by atoms with E-state index in [1.54, 1.807) is 24.3 Å². The third kappa shape index (κ3) is 3.24. The van der Waals surface area contributed by atoms with E-state index in [4.69, 9.17) is 0 Å². The van der Waals surface area contributed by atoms with Crippen molar-refractivity contribution in [1.29, 1.82) is 0 Å².